The van der Waals surface area contributed by atoms with Crippen molar-refractivity contribution in [1.82, 2.24) is 4.58 Å². The first-order valence-electron chi connectivity index (χ1n) is 17.5. The number of benzene rings is 5. The molecule has 0 bridgehead atoms. The molecule has 1 aliphatic carbocycles. The number of carbonyl (C=O) groups excluding carboxylic acids is 1. The second kappa shape index (κ2) is 11.8. The lowest BCUT2D eigenvalue weighted by Gasteiger charge is -2.38. The van der Waals surface area contributed by atoms with Gasteiger partial charge in [0.1, 0.15) is 36.1 Å². The number of aromatic carboxylic acids is 1. The molecule has 0 saturated carbocycles. The molecule has 1 atom stereocenters. The first kappa shape index (κ1) is 30.8. The third-order valence-corrected chi connectivity index (χ3v) is 10.7. The van der Waals surface area contributed by atoms with E-state index in [0.717, 1.165) is 42.8 Å². The normalized spacial score (nSPS) is 19.3. The smallest absolute Gasteiger partial charge is 0.340 e. The Kier molecular flexibility index (Phi) is 6.99. The molecule has 5 aliphatic heterocycles. The molecule has 1 spiro atoms. The fourth-order valence-corrected chi connectivity index (χ4v) is 8.25. The predicted molar refractivity (Wildman–Crippen MR) is 192 cm³/mol. The predicted octanol–water partition coefficient (Wildman–Crippen LogP) is 6.11. The zero-order valence-corrected chi connectivity index (χ0v) is 28.1. The van der Waals surface area contributed by atoms with Gasteiger partial charge in [-0.05, 0) is 42.0 Å². The summed E-state index contributed by atoms with van der Waals surface area (Å²) in [5, 5.41) is 12.0. The number of carbonyl (C=O) groups is 2. The Labute approximate surface area is 298 Å². The SMILES string of the molecule is O=C(O)c1ccccc1-c1c2ccc(=[N+]3CCOCC3)cc-2oc2cc3c(cc12)[C@@]1(OC(=O)c2ccccc21)c1ccc(N2CCOCC2)cc1O3. The molecule has 2 saturated heterocycles. The molecule has 10 rings (SSSR count). The number of esters is 1. The molecule has 4 aromatic rings. The molecule has 4 aromatic carbocycles. The van der Waals surface area contributed by atoms with Gasteiger partial charge in [-0.1, -0.05) is 36.4 Å². The van der Waals surface area contributed by atoms with Gasteiger partial charge in [0, 0.05) is 70.2 Å². The molecule has 2 fully saturated rings. The molecule has 10 nitrogen and oxygen atoms in total. The highest BCUT2D eigenvalue weighted by Crippen LogP contribution is 2.58. The Morgan fingerprint density at radius 2 is 1.48 bits per heavy atom. The van der Waals surface area contributed by atoms with Crippen molar-refractivity contribution in [3.63, 3.8) is 0 Å². The third-order valence-electron chi connectivity index (χ3n) is 10.7. The second-order valence-electron chi connectivity index (χ2n) is 13.5. The van der Waals surface area contributed by atoms with Crippen molar-refractivity contribution in [2.75, 3.05) is 57.5 Å². The van der Waals surface area contributed by atoms with Crippen LogP contribution in [0.1, 0.15) is 37.4 Å². The van der Waals surface area contributed by atoms with Crippen LogP contribution in [0.4, 0.5) is 5.69 Å². The van der Waals surface area contributed by atoms with Gasteiger partial charge in [0.15, 0.2) is 18.7 Å². The van der Waals surface area contributed by atoms with E-state index in [1.165, 1.54) is 0 Å². The molecule has 1 N–H and O–H groups in total. The maximum Gasteiger partial charge on any atom is 0.340 e. The van der Waals surface area contributed by atoms with E-state index in [2.05, 4.69) is 9.48 Å². The van der Waals surface area contributed by atoms with Gasteiger partial charge >= 0.3 is 11.9 Å². The van der Waals surface area contributed by atoms with E-state index >= 15 is 0 Å². The molecule has 0 unspecified atom stereocenters. The Hall–Kier alpha value is -5.97. The third kappa shape index (κ3) is 4.61. The van der Waals surface area contributed by atoms with Gasteiger partial charge in [-0.3, -0.25) is 0 Å². The highest BCUT2D eigenvalue weighted by Gasteiger charge is 2.54. The molecule has 258 valence electrons. The number of fused-ring (bicyclic) bond motifs is 8. The quantitative estimate of drug-likeness (QED) is 0.133. The first-order chi connectivity index (χ1) is 25.5. The molecule has 0 radical (unpaired) electrons. The van der Waals surface area contributed by atoms with Crippen LogP contribution in [0.5, 0.6) is 11.5 Å². The monoisotopic (exact) mass is 693 g/mol. The van der Waals surface area contributed by atoms with Crippen LogP contribution in [0.15, 0.2) is 101 Å². The van der Waals surface area contributed by atoms with Crippen molar-refractivity contribution in [3.8, 4) is 33.9 Å². The number of ether oxygens (including phenoxy) is 4. The largest absolute Gasteiger partial charge is 0.478 e. The van der Waals surface area contributed by atoms with Crippen LogP contribution in [-0.4, -0.2) is 69.7 Å². The van der Waals surface area contributed by atoms with Crippen molar-refractivity contribution in [3.05, 3.63) is 130 Å². The van der Waals surface area contributed by atoms with Crippen molar-refractivity contribution in [2.24, 2.45) is 0 Å². The minimum atomic E-state index is -1.33. The van der Waals surface area contributed by atoms with Gasteiger partial charge in [-0.25, -0.2) is 14.2 Å². The summed E-state index contributed by atoms with van der Waals surface area (Å²) in [6, 6.07) is 30.3. The Morgan fingerprint density at radius 3 is 2.31 bits per heavy atom. The first-order valence-corrected chi connectivity index (χ1v) is 17.5. The van der Waals surface area contributed by atoms with Crippen molar-refractivity contribution < 1.29 is 38.1 Å². The lowest BCUT2D eigenvalue weighted by Crippen LogP contribution is -2.39. The lowest BCUT2D eigenvalue weighted by atomic mass is 9.76. The van der Waals surface area contributed by atoms with E-state index in [-0.39, 0.29) is 5.56 Å². The van der Waals surface area contributed by atoms with Gasteiger partial charge < -0.3 is 33.4 Å². The number of anilines is 1. The minimum absolute atomic E-state index is 0.163. The summed E-state index contributed by atoms with van der Waals surface area (Å²) in [7, 11) is 0. The number of hydrogen-bond donors (Lipinski definition) is 1. The van der Waals surface area contributed by atoms with Crippen LogP contribution < -0.4 is 19.6 Å². The Morgan fingerprint density at radius 1 is 0.731 bits per heavy atom. The summed E-state index contributed by atoms with van der Waals surface area (Å²) in [6.07, 6.45) is 0. The molecule has 0 amide bonds. The van der Waals surface area contributed by atoms with Gasteiger partial charge in [0.05, 0.1) is 30.4 Å². The highest BCUT2D eigenvalue weighted by atomic mass is 16.6. The number of rotatable bonds is 3. The maximum atomic E-state index is 13.7. The Balaban J connectivity index is 1.28. The van der Waals surface area contributed by atoms with Gasteiger partial charge in [-0.2, -0.15) is 0 Å². The molecule has 5 heterocycles. The van der Waals surface area contributed by atoms with Crippen LogP contribution in [0, 0.1) is 0 Å². The van der Waals surface area contributed by atoms with Crippen LogP contribution in [0.3, 0.4) is 0 Å². The summed E-state index contributed by atoms with van der Waals surface area (Å²) >= 11 is 0. The summed E-state index contributed by atoms with van der Waals surface area (Å²) in [5.74, 6) is 0.191. The zero-order valence-electron chi connectivity index (χ0n) is 28.1. The molecular weight excluding hydrogens is 660 g/mol. The zero-order chi connectivity index (χ0) is 35.0. The van der Waals surface area contributed by atoms with E-state index in [4.69, 9.17) is 23.4 Å². The van der Waals surface area contributed by atoms with Crippen molar-refractivity contribution in [1.29, 1.82) is 0 Å². The Bertz CT molecular complexity index is 2510. The highest BCUT2D eigenvalue weighted by molar-refractivity contribution is 6.08. The number of carboxylic acids is 1. The standard InChI is InChI=1S/C42H32N2O8/c45-40(46)28-6-2-1-5-27(28)39-30-11-9-25(43-13-17-48-18-14-43)21-35(30)50-36-24-38-34(23-31(36)39)42(32-8-4-3-7-29(32)41(47)52-42)33-12-10-26(22-37(33)51-38)44-15-19-49-20-16-44/h1-12,21-24H,13-20H2/p+1/t42-/m0/s1. The number of hydrogen-bond acceptors (Lipinski definition) is 8. The minimum Gasteiger partial charge on any atom is -0.478 e. The van der Waals surface area contributed by atoms with Crippen molar-refractivity contribution >= 4 is 28.6 Å². The number of carboxylic acid groups (broad SMARTS) is 1. The van der Waals surface area contributed by atoms with Crippen LogP contribution in [0.2, 0.25) is 0 Å². The average Bonchev–Trinajstić information content (AvgIpc) is 3.48. The average molecular weight is 694 g/mol. The van der Waals surface area contributed by atoms with E-state index in [1.807, 2.05) is 78.9 Å². The van der Waals surface area contributed by atoms with Crippen LogP contribution >= 0.6 is 0 Å². The summed E-state index contributed by atoms with van der Waals surface area (Å²) < 4.78 is 33.5. The fourth-order valence-electron chi connectivity index (χ4n) is 8.25. The molecule has 0 aromatic heterocycles. The van der Waals surface area contributed by atoms with Gasteiger partial charge in [-0.15, -0.1) is 0 Å². The van der Waals surface area contributed by atoms with Crippen LogP contribution in [-0.2, 0) is 19.8 Å². The number of morpholine rings is 2. The summed E-state index contributed by atoms with van der Waals surface area (Å²) in [5.41, 5.74) is 4.84. The van der Waals surface area contributed by atoms with Gasteiger partial charge in [0.25, 0.3) is 0 Å². The topological polar surface area (TPSA) is 111 Å². The van der Waals surface area contributed by atoms with E-state index < -0.39 is 17.5 Å². The second-order valence-corrected chi connectivity index (χ2v) is 13.5. The fraction of sp³-hybridized carbons (Fsp3) is 0.214. The summed E-state index contributed by atoms with van der Waals surface area (Å²) in [6.45, 7) is 5.56. The van der Waals surface area contributed by atoms with E-state index in [9.17, 15) is 14.7 Å². The summed E-state index contributed by atoms with van der Waals surface area (Å²) in [4.78, 5) is 28.6. The lowest BCUT2D eigenvalue weighted by molar-refractivity contribution is 0.0224. The number of nitrogens with zero attached hydrogens (tertiary/aromatic N) is 2. The molecule has 52 heavy (non-hydrogen) atoms. The van der Waals surface area contributed by atoms with E-state index in [1.54, 1.807) is 18.2 Å². The van der Waals surface area contributed by atoms with Crippen LogP contribution in [0.25, 0.3) is 33.4 Å². The molecular formula is C42H33N2O8+. The maximum absolute atomic E-state index is 13.7. The molecule has 10 heteroatoms. The van der Waals surface area contributed by atoms with E-state index in [0.29, 0.717) is 88.0 Å². The van der Waals surface area contributed by atoms with Crippen molar-refractivity contribution in [2.45, 2.75) is 5.60 Å². The molecule has 6 aliphatic rings. The van der Waals surface area contributed by atoms with Gasteiger partial charge in [0.2, 0.25) is 5.36 Å².